The van der Waals surface area contributed by atoms with Gasteiger partial charge in [-0.05, 0) is 32.3 Å². The van der Waals surface area contributed by atoms with Crippen LogP contribution in [0.5, 0.6) is 0 Å². The second-order valence-electron chi connectivity index (χ2n) is 4.37. The average molecular weight is 247 g/mol. The molecule has 5 nitrogen and oxygen atoms in total. The minimum atomic E-state index is -1.02. The van der Waals surface area contributed by atoms with Gasteiger partial charge in [0.2, 0.25) is 0 Å². The van der Waals surface area contributed by atoms with Crippen LogP contribution < -0.4 is 4.90 Å². The zero-order chi connectivity index (χ0) is 13.7. The van der Waals surface area contributed by atoms with Crippen LogP contribution in [0, 0.1) is 11.3 Å². The SMILES string of the molecule is CN(C)CCN(C)c1ccc(C(=O)O)cc1C#N. The van der Waals surface area contributed by atoms with Gasteiger partial charge in [0.25, 0.3) is 0 Å². The molecule has 0 aromatic heterocycles. The summed E-state index contributed by atoms with van der Waals surface area (Å²) in [7, 11) is 5.85. The lowest BCUT2D eigenvalue weighted by Crippen LogP contribution is -2.29. The van der Waals surface area contributed by atoms with Crippen molar-refractivity contribution in [3.8, 4) is 6.07 Å². The second-order valence-corrected chi connectivity index (χ2v) is 4.37. The molecule has 0 bridgehead atoms. The number of carboxylic acids is 1. The van der Waals surface area contributed by atoms with Crippen LogP contribution in [-0.4, -0.2) is 50.2 Å². The van der Waals surface area contributed by atoms with Crippen LogP contribution in [0.3, 0.4) is 0 Å². The summed E-state index contributed by atoms with van der Waals surface area (Å²) in [5, 5.41) is 18.0. The highest BCUT2D eigenvalue weighted by Crippen LogP contribution is 2.20. The molecule has 1 N–H and O–H groups in total. The van der Waals surface area contributed by atoms with E-state index in [0.717, 1.165) is 18.8 Å². The van der Waals surface area contributed by atoms with E-state index >= 15 is 0 Å². The largest absolute Gasteiger partial charge is 0.478 e. The quantitative estimate of drug-likeness (QED) is 0.848. The predicted molar refractivity (Wildman–Crippen MR) is 69.9 cm³/mol. The minimum absolute atomic E-state index is 0.135. The van der Waals surface area contributed by atoms with Gasteiger partial charge in [-0.25, -0.2) is 4.79 Å². The molecule has 0 heterocycles. The van der Waals surface area contributed by atoms with Crippen LogP contribution in [0.25, 0.3) is 0 Å². The van der Waals surface area contributed by atoms with Crippen molar-refractivity contribution in [3.63, 3.8) is 0 Å². The Bertz CT molecular complexity index is 478. The Balaban J connectivity index is 2.95. The summed E-state index contributed by atoms with van der Waals surface area (Å²) in [5.74, 6) is -1.02. The first-order valence-corrected chi connectivity index (χ1v) is 5.59. The molecule has 1 aromatic rings. The molecule has 0 amide bonds. The summed E-state index contributed by atoms with van der Waals surface area (Å²) < 4.78 is 0. The van der Waals surface area contributed by atoms with Gasteiger partial charge in [-0.1, -0.05) is 0 Å². The fourth-order valence-electron chi connectivity index (χ4n) is 1.56. The summed E-state index contributed by atoms with van der Waals surface area (Å²) in [6, 6.07) is 6.64. The highest BCUT2D eigenvalue weighted by Gasteiger charge is 2.11. The number of hydrogen-bond donors (Lipinski definition) is 1. The van der Waals surface area contributed by atoms with E-state index in [1.54, 1.807) is 6.07 Å². The van der Waals surface area contributed by atoms with Crippen molar-refractivity contribution in [1.29, 1.82) is 5.26 Å². The Labute approximate surface area is 107 Å². The number of likely N-dealkylation sites (N-methyl/N-ethyl adjacent to an activating group) is 2. The number of carbonyl (C=O) groups is 1. The molecular weight excluding hydrogens is 230 g/mol. The average Bonchev–Trinajstić information content (AvgIpc) is 2.34. The molecule has 0 fully saturated rings. The summed E-state index contributed by atoms with van der Waals surface area (Å²) in [6.45, 7) is 1.64. The van der Waals surface area contributed by atoms with E-state index in [0.29, 0.717) is 5.56 Å². The van der Waals surface area contributed by atoms with Crippen molar-refractivity contribution in [2.75, 3.05) is 39.1 Å². The van der Waals surface area contributed by atoms with Gasteiger partial charge in [-0.3, -0.25) is 0 Å². The van der Waals surface area contributed by atoms with Gasteiger partial charge in [-0.2, -0.15) is 5.26 Å². The van der Waals surface area contributed by atoms with E-state index in [2.05, 4.69) is 0 Å². The first-order valence-electron chi connectivity index (χ1n) is 5.59. The molecule has 18 heavy (non-hydrogen) atoms. The van der Waals surface area contributed by atoms with Gasteiger partial charge >= 0.3 is 5.97 Å². The third-order valence-corrected chi connectivity index (χ3v) is 2.66. The van der Waals surface area contributed by atoms with Crippen LogP contribution in [-0.2, 0) is 0 Å². The van der Waals surface area contributed by atoms with Crippen molar-refractivity contribution in [1.82, 2.24) is 4.90 Å². The molecule has 0 aliphatic heterocycles. The van der Waals surface area contributed by atoms with Gasteiger partial charge in [-0.15, -0.1) is 0 Å². The van der Waals surface area contributed by atoms with E-state index in [1.165, 1.54) is 12.1 Å². The molecule has 0 spiro atoms. The first kappa shape index (κ1) is 14.0. The molecule has 0 atom stereocenters. The summed E-state index contributed by atoms with van der Waals surface area (Å²) in [5.41, 5.74) is 1.27. The molecule has 5 heteroatoms. The first-order chi connectivity index (χ1) is 8.45. The van der Waals surface area contributed by atoms with Crippen molar-refractivity contribution >= 4 is 11.7 Å². The summed E-state index contributed by atoms with van der Waals surface area (Å²) in [4.78, 5) is 14.8. The van der Waals surface area contributed by atoms with Gasteiger partial charge < -0.3 is 14.9 Å². The molecule has 1 rings (SSSR count). The zero-order valence-corrected chi connectivity index (χ0v) is 10.8. The third-order valence-electron chi connectivity index (χ3n) is 2.66. The fourth-order valence-corrected chi connectivity index (χ4v) is 1.56. The number of benzene rings is 1. The Kier molecular flexibility index (Phi) is 4.69. The molecule has 0 aliphatic rings. The van der Waals surface area contributed by atoms with Crippen LogP contribution >= 0.6 is 0 Å². The highest BCUT2D eigenvalue weighted by atomic mass is 16.4. The molecule has 1 aromatic carbocycles. The molecule has 0 unspecified atom stereocenters. The standard InChI is InChI=1S/C13H17N3O2/c1-15(2)6-7-16(3)12-5-4-10(13(17)18)8-11(12)9-14/h4-5,8H,6-7H2,1-3H3,(H,17,18). The third kappa shape index (κ3) is 3.47. The molecule has 0 saturated heterocycles. The number of anilines is 1. The van der Waals surface area contributed by atoms with Crippen LogP contribution in [0.15, 0.2) is 18.2 Å². The van der Waals surface area contributed by atoms with Gasteiger partial charge in [0, 0.05) is 20.1 Å². The molecular formula is C13H17N3O2. The monoisotopic (exact) mass is 247 g/mol. The van der Waals surface area contributed by atoms with E-state index in [9.17, 15) is 4.79 Å². The van der Waals surface area contributed by atoms with Crippen molar-refractivity contribution < 1.29 is 9.90 Å². The van der Waals surface area contributed by atoms with Crippen molar-refractivity contribution in [3.05, 3.63) is 29.3 Å². The maximum Gasteiger partial charge on any atom is 0.335 e. The fraction of sp³-hybridized carbons (Fsp3) is 0.385. The second kappa shape index (κ2) is 6.03. The van der Waals surface area contributed by atoms with E-state index < -0.39 is 5.97 Å². The summed E-state index contributed by atoms with van der Waals surface area (Å²) >= 11 is 0. The Morgan fingerprint density at radius 2 is 2.00 bits per heavy atom. The summed E-state index contributed by atoms with van der Waals surface area (Å²) in [6.07, 6.45) is 0. The topological polar surface area (TPSA) is 67.6 Å². The smallest absolute Gasteiger partial charge is 0.335 e. The zero-order valence-electron chi connectivity index (χ0n) is 10.8. The molecule has 0 aliphatic carbocycles. The van der Waals surface area contributed by atoms with Crippen LogP contribution in [0.1, 0.15) is 15.9 Å². The van der Waals surface area contributed by atoms with Gasteiger partial charge in [0.15, 0.2) is 0 Å². The van der Waals surface area contributed by atoms with Crippen molar-refractivity contribution in [2.24, 2.45) is 0 Å². The lowest BCUT2D eigenvalue weighted by Gasteiger charge is -2.22. The number of nitrogens with zero attached hydrogens (tertiary/aromatic N) is 3. The number of aromatic carboxylic acids is 1. The number of rotatable bonds is 5. The van der Waals surface area contributed by atoms with E-state index in [1.807, 2.05) is 37.0 Å². The normalized spacial score (nSPS) is 10.2. The van der Waals surface area contributed by atoms with Gasteiger partial charge in [0.1, 0.15) is 6.07 Å². The maximum atomic E-state index is 10.8. The minimum Gasteiger partial charge on any atom is -0.478 e. The van der Waals surface area contributed by atoms with Crippen molar-refractivity contribution in [2.45, 2.75) is 0 Å². The van der Waals surface area contributed by atoms with E-state index in [4.69, 9.17) is 10.4 Å². The lowest BCUT2D eigenvalue weighted by atomic mass is 10.1. The number of nitriles is 1. The Hall–Kier alpha value is -2.06. The van der Waals surface area contributed by atoms with Crippen LogP contribution in [0.4, 0.5) is 5.69 Å². The van der Waals surface area contributed by atoms with Gasteiger partial charge in [0.05, 0.1) is 16.8 Å². The number of hydrogen-bond acceptors (Lipinski definition) is 4. The van der Waals surface area contributed by atoms with E-state index in [-0.39, 0.29) is 5.56 Å². The molecule has 96 valence electrons. The highest BCUT2D eigenvalue weighted by molar-refractivity contribution is 5.89. The molecule has 0 radical (unpaired) electrons. The Morgan fingerprint density at radius 3 is 2.50 bits per heavy atom. The molecule has 0 saturated carbocycles. The number of carboxylic acid groups (broad SMARTS) is 1. The Morgan fingerprint density at radius 1 is 1.33 bits per heavy atom. The lowest BCUT2D eigenvalue weighted by molar-refractivity contribution is 0.0697. The maximum absolute atomic E-state index is 10.8. The predicted octanol–water partition coefficient (Wildman–Crippen LogP) is 1.25. The van der Waals surface area contributed by atoms with Crippen LogP contribution in [0.2, 0.25) is 0 Å².